The number of methoxy groups -OCH3 is 2. The van der Waals surface area contributed by atoms with E-state index in [-0.39, 0.29) is 22.3 Å². The van der Waals surface area contributed by atoms with Gasteiger partial charge >= 0.3 is 5.97 Å². The topological polar surface area (TPSA) is 92.0 Å². The molecule has 1 aromatic heterocycles. The van der Waals surface area contributed by atoms with Gasteiger partial charge in [0.1, 0.15) is 17.1 Å². The Morgan fingerprint density at radius 3 is 2.52 bits per heavy atom. The number of para-hydroxylation sites is 1. The predicted octanol–water partition coefficient (Wildman–Crippen LogP) is 2.85. The lowest BCUT2D eigenvalue weighted by molar-refractivity contribution is 0.0443. The molecule has 3 aromatic rings. The van der Waals surface area contributed by atoms with E-state index >= 15 is 0 Å². The second-order valence-corrected chi connectivity index (χ2v) is 5.54. The van der Waals surface area contributed by atoms with Gasteiger partial charge in [0.2, 0.25) is 11.5 Å². The zero-order chi connectivity index (χ0) is 19.4. The second kappa shape index (κ2) is 7.74. The Morgan fingerprint density at radius 2 is 1.78 bits per heavy atom. The number of Topliss-reactive ketones (excluding diaryl/α,β-unsaturated/α-hetero) is 1. The van der Waals surface area contributed by atoms with E-state index in [4.69, 9.17) is 18.6 Å². The molecule has 27 heavy (non-hydrogen) atoms. The van der Waals surface area contributed by atoms with Gasteiger partial charge in [0.05, 0.1) is 25.2 Å². The number of carbonyl (C=O) groups is 2. The summed E-state index contributed by atoms with van der Waals surface area (Å²) in [5.74, 6) is -0.875. The number of ketones is 1. The molecule has 2 aromatic carbocycles. The Hall–Kier alpha value is -3.61. The summed E-state index contributed by atoms with van der Waals surface area (Å²) in [6.07, 6.45) is 0. The molecule has 0 spiro atoms. The van der Waals surface area contributed by atoms with Gasteiger partial charge in [0.25, 0.3) is 0 Å². The Bertz CT molecular complexity index is 1070. The molecule has 138 valence electrons. The van der Waals surface area contributed by atoms with Gasteiger partial charge in [-0.1, -0.05) is 12.1 Å². The first-order chi connectivity index (χ1) is 13.0. The fraction of sp³-hybridized carbons (Fsp3) is 0.150. The quantitative estimate of drug-likeness (QED) is 0.488. The normalized spacial score (nSPS) is 10.4. The molecule has 0 saturated carbocycles. The van der Waals surface area contributed by atoms with E-state index in [1.807, 2.05) is 0 Å². The summed E-state index contributed by atoms with van der Waals surface area (Å²) in [4.78, 5) is 36.6. The number of esters is 1. The van der Waals surface area contributed by atoms with E-state index in [1.165, 1.54) is 20.3 Å². The van der Waals surface area contributed by atoms with Crippen molar-refractivity contribution in [3.63, 3.8) is 0 Å². The highest BCUT2D eigenvalue weighted by Gasteiger charge is 2.19. The van der Waals surface area contributed by atoms with Crippen molar-refractivity contribution in [2.45, 2.75) is 0 Å². The highest BCUT2D eigenvalue weighted by Crippen LogP contribution is 2.24. The van der Waals surface area contributed by atoms with Crippen molar-refractivity contribution in [3.8, 4) is 11.5 Å². The highest BCUT2D eigenvalue weighted by atomic mass is 16.5. The van der Waals surface area contributed by atoms with Crippen LogP contribution >= 0.6 is 0 Å². The lowest BCUT2D eigenvalue weighted by Crippen LogP contribution is -2.16. The van der Waals surface area contributed by atoms with E-state index in [1.54, 1.807) is 36.4 Å². The van der Waals surface area contributed by atoms with Gasteiger partial charge < -0.3 is 18.6 Å². The monoisotopic (exact) mass is 368 g/mol. The number of hydrogen-bond acceptors (Lipinski definition) is 7. The maximum Gasteiger partial charge on any atom is 0.374 e. The van der Waals surface area contributed by atoms with E-state index in [9.17, 15) is 14.4 Å². The third-order valence-electron chi connectivity index (χ3n) is 3.88. The molecule has 0 unspecified atom stereocenters. The lowest BCUT2D eigenvalue weighted by atomic mass is 10.1. The van der Waals surface area contributed by atoms with Crippen LogP contribution < -0.4 is 14.9 Å². The van der Waals surface area contributed by atoms with Crippen molar-refractivity contribution in [2.75, 3.05) is 20.8 Å². The number of carbonyl (C=O) groups excluding carboxylic acids is 2. The highest BCUT2D eigenvalue weighted by molar-refractivity contribution is 6.01. The Kier molecular flexibility index (Phi) is 5.21. The SMILES string of the molecule is COc1ccc(OC)c(C(=O)COC(=O)c2cc(=O)c3ccccc3o2)c1. The van der Waals surface area contributed by atoms with E-state index in [0.717, 1.165) is 6.07 Å². The molecule has 0 atom stereocenters. The minimum Gasteiger partial charge on any atom is -0.497 e. The Labute approximate surface area is 154 Å². The van der Waals surface area contributed by atoms with Crippen molar-refractivity contribution in [1.82, 2.24) is 0 Å². The molecule has 0 bridgehead atoms. The average molecular weight is 368 g/mol. The van der Waals surface area contributed by atoms with Crippen LogP contribution in [0.15, 0.2) is 57.7 Å². The standard InChI is InChI=1S/C20H16O7/c1-24-12-7-8-17(25-2)14(9-12)16(22)11-26-20(23)19-10-15(21)13-5-3-4-6-18(13)27-19/h3-10H,11H2,1-2H3. The molecular formula is C20H16O7. The van der Waals surface area contributed by atoms with Crippen molar-refractivity contribution in [1.29, 1.82) is 0 Å². The number of hydrogen-bond donors (Lipinski definition) is 0. The third kappa shape index (κ3) is 3.82. The molecule has 0 fully saturated rings. The summed E-state index contributed by atoms with van der Waals surface area (Å²) in [5, 5.41) is 0.353. The van der Waals surface area contributed by atoms with Gasteiger partial charge in [-0.05, 0) is 30.3 Å². The van der Waals surface area contributed by atoms with E-state index in [0.29, 0.717) is 16.9 Å². The minimum absolute atomic E-state index is 0.213. The van der Waals surface area contributed by atoms with Gasteiger partial charge in [-0.2, -0.15) is 0 Å². The molecule has 0 amide bonds. The molecule has 7 nitrogen and oxygen atoms in total. The zero-order valence-electron chi connectivity index (χ0n) is 14.7. The minimum atomic E-state index is -0.909. The van der Waals surface area contributed by atoms with Gasteiger partial charge in [-0.3, -0.25) is 9.59 Å². The lowest BCUT2D eigenvalue weighted by Gasteiger charge is -2.10. The maximum absolute atomic E-state index is 12.4. The summed E-state index contributed by atoms with van der Waals surface area (Å²) >= 11 is 0. The maximum atomic E-state index is 12.4. The first-order valence-corrected chi connectivity index (χ1v) is 7.98. The number of ether oxygens (including phenoxy) is 3. The Balaban J connectivity index is 1.78. The molecular weight excluding hydrogens is 352 g/mol. The molecule has 7 heteroatoms. The van der Waals surface area contributed by atoms with Crippen molar-refractivity contribution in [3.05, 3.63) is 70.1 Å². The van der Waals surface area contributed by atoms with Crippen molar-refractivity contribution in [2.24, 2.45) is 0 Å². The smallest absolute Gasteiger partial charge is 0.374 e. The average Bonchev–Trinajstić information content (AvgIpc) is 2.71. The van der Waals surface area contributed by atoms with Crippen LogP contribution in [0.2, 0.25) is 0 Å². The summed E-state index contributed by atoms with van der Waals surface area (Å²) in [6, 6.07) is 12.3. The Morgan fingerprint density at radius 1 is 1.00 bits per heavy atom. The van der Waals surface area contributed by atoms with Crippen LogP contribution in [0, 0.1) is 0 Å². The van der Waals surface area contributed by atoms with Crippen LogP contribution in [-0.4, -0.2) is 32.6 Å². The third-order valence-corrected chi connectivity index (χ3v) is 3.88. The van der Waals surface area contributed by atoms with Gasteiger partial charge in [-0.15, -0.1) is 0 Å². The van der Waals surface area contributed by atoms with Crippen molar-refractivity contribution >= 4 is 22.7 Å². The molecule has 0 N–H and O–H groups in total. The van der Waals surface area contributed by atoms with Crippen LogP contribution in [0.5, 0.6) is 11.5 Å². The molecule has 0 aliphatic heterocycles. The molecule has 0 aliphatic carbocycles. The van der Waals surface area contributed by atoms with E-state index < -0.39 is 18.4 Å². The fourth-order valence-electron chi connectivity index (χ4n) is 2.52. The summed E-state index contributed by atoms with van der Waals surface area (Å²) in [5.41, 5.74) is 0.104. The molecule has 0 aliphatic rings. The largest absolute Gasteiger partial charge is 0.497 e. The van der Waals surface area contributed by atoms with Crippen LogP contribution in [0.4, 0.5) is 0 Å². The van der Waals surface area contributed by atoms with Crippen LogP contribution in [0.25, 0.3) is 11.0 Å². The van der Waals surface area contributed by atoms with Crippen LogP contribution in [0.1, 0.15) is 20.9 Å². The van der Waals surface area contributed by atoms with Gasteiger partial charge in [0.15, 0.2) is 12.0 Å². The number of rotatable bonds is 6. The van der Waals surface area contributed by atoms with Gasteiger partial charge in [-0.25, -0.2) is 4.79 Å². The van der Waals surface area contributed by atoms with E-state index in [2.05, 4.69) is 0 Å². The second-order valence-electron chi connectivity index (χ2n) is 5.54. The molecule has 0 radical (unpaired) electrons. The van der Waals surface area contributed by atoms with Crippen molar-refractivity contribution < 1.29 is 28.2 Å². The molecule has 1 heterocycles. The number of fused-ring (bicyclic) bond motifs is 1. The summed E-state index contributed by atoms with van der Waals surface area (Å²) in [6.45, 7) is -0.543. The van der Waals surface area contributed by atoms with Gasteiger partial charge in [0, 0.05) is 6.07 Å². The summed E-state index contributed by atoms with van der Waals surface area (Å²) in [7, 11) is 2.90. The first kappa shape index (κ1) is 18.2. The molecule has 3 rings (SSSR count). The number of benzene rings is 2. The zero-order valence-corrected chi connectivity index (χ0v) is 14.7. The van der Waals surface area contributed by atoms with Crippen LogP contribution in [-0.2, 0) is 4.74 Å². The van der Waals surface area contributed by atoms with Crippen LogP contribution in [0.3, 0.4) is 0 Å². The molecule has 0 saturated heterocycles. The first-order valence-electron chi connectivity index (χ1n) is 7.98. The predicted molar refractivity (Wildman–Crippen MR) is 96.6 cm³/mol. The summed E-state index contributed by atoms with van der Waals surface area (Å²) < 4.78 is 20.6. The fourth-order valence-corrected chi connectivity index (χ4v) is 2.52.